The second-order valence-corrected chi connectivity index (χ2v) is 6.54. The molecule has 0 fully saturated rings. The van der Waals surface area contributed by atoms with Gasteiger partial charge in [-0.05, 0) is 49.4 Å². The number of fused-ring (bicyclic) bond motifs is 1. The normalized spacial score (nSPS) is 11.5. The first kappa shape index (κ1) is 19.9. The highest BCUT2D eigenvalue weighted by molar-refractivity contribution is 5.95. The van der Waals surface area contributed by atoms with E-state index in [0.717, 1.165) is 11.3 Å². The molecule has 0 saturated carbocycles. The van der Waals surface area contributed by atoms with Gasteiger partial charge in [-0.15, -0.1) is 5.10 Å². The SMILES string of the molecule is CCOc1ccc(-c2cc(C(=O)N/N=c3/oc4ccccc4cc3C(N)=O)[nH]n2)cc1. The van der Waals surface area contributed by atoms with Crippen molar-refractivity contribution in [3.8, 4) is 17.0 Å². The molecule has 0 aliphatic carbocycles. The van der Waals surface area contributed by atoms with Gasteiger partial charge in [0, 0.05) is 10.9 Å². The lowest BCUT2D eigenvalue weighted by Gasteiger charge is -2.02. The summed E-state index contributed by atoms with van der Waals surface area (Å²) in [5.74, 6) is -0.520. The molecule has 31 heavy (non-hydrogen) atoms. The zero-order valence-electron chi connectivity index (χ0n) is 16.6. The van der Waals surface area contributed by atoms with Gasteiger partial charge in [0.05, 0.1) is 12.3 Å². The highest BCUT2D eigenvalue weighted by Crippen LogP contribution is 2.21. The van der Waals surface area contributed by atoms with E-state index in [1.54, 1.807) is 36.4 Å². The van der Waals surface area contributed by atoms with Crippen molar-refractivity contribution < 1.29 is 18.7 Å². The zero-order chi connectivity index (χ0) is 21.8. The highest BCUT2D eigenvalue weighted by atomic mass is 16.5. The van der Waals surface area contributed by atoms with Crippen LogP contribution in [0, 0.1) is 0 Å². The third kappa shape index (κ3) is 4.30. The number of hydrogen-bond acceptors (Lipinski definition) is 6. The van der Waals surface area contributed by atoms with Gasteiger partial charge >= 0.3 is 0 Å². The van der Waals surface area contributed by atoms with Gasteiger partial charge in [0.1, 0.15) is 22.6 Å². The van der Waals surface area contributed by atoms with Gasteiger partial charge in [-0.2, -0.15) is 5.10 Å². The van der Waals surface area contributed by atoms with E-state index in [1.165, 1.54) is 0 Å². The fourth-order valence-corrected chi connectivity index (χ4v) is 2.96. The molecule has 0 spiro atoms. The Kier molecular flexibility index (Phi) is 5.48. The zero-order valence-corrected chi connectivity index (χ0v) is 16.6. The van der Waals surface area contributed by atoms with Crippen LogP contribution < -0.4 is 21.5 Å². The smallest absolute Gasteiger partial charge is 0.289 e. The van der Waals surface area contributed by atoms with E-state index in [1.807, 2.05) is 31.2 Å². The molecule has 4 rings (SSSR count). The molecule has 0 bridgehead atoms. The number of amides is 2. The molecule has 0 unspecified atom stereocenters. The molecule has 0 aliphatic rings. The van der Waals surface area contributed by atoms with Crippen molar-refractivity contribution in [1.29, 1.82) is 0 Å². The predicted octanol–water partition coefficient (Wildman–Crippen LogP) is 2.57. The van der Waals surface area contributed by atoms with Gasteiger partial charge in [0.2, 0.25) is 5.55 Å². The van der Waals surface area contributed by atoms with Gasteiger partial charge in [0.15, 0.2) is 0 Å². The fraction of sp³-hybridized carbons (Fsp3) is 0.0909. The summed E-state index contributed by atoms with van der Waals surface area (Å²) in [7, 11) is 0. The number of rotatable bonds is 6. The highest BCUT2D eigenvalue weighted by Gasteiger charge is 2.13. The maximum absolute atomic E-state index is 12.5. The summed E-state index contributed by atoms with van der Waals surface area (Å²) in [6.45, 7) is 2.49. The van der Waals surface area contributed by atoms with Gasteiger partial charge < -0.3 is 14.9 Å². The number of nitrogens with one attached hydrogen (secondary N) is 2. The van der Waals surface area contributed by atoms with Crippen molar-refractivity contribution in [1.82, 2.24) is 15.6 Å². The van der Waals surface area contributed by atoms with E-state index < -0.39 is 11.8 Å². The first-order valence-corrected chi connectivity index (χ1v) is 9.50. The molecule has 156 valence electrons. The minimum atomic E-state index is -0.721. The van der Waals surface area contributed by atoms with Crippen LogP contribution >= 0.6 is 0 Å². The van der Waals surface area contributed by atoms with Crippen molar-refractivity contribution in [2.45, 2.75) is 6.92 Å². The maximum Gasteiger partial charge on any atom is 0.289 e. The lowest BCUT2D eigenvalue weighted by atomic mass is 10.1. The van der Waals surface area contributed by atoms with Crippen LogP contribution in [0.2, 0.25) is 0 Å². The first-order valence-electron chi connectivity index (χ1n) is 9.50. The summed E-state index contributed by atoms with van der Waals surface area (Å²) in [4.78, 5) is 24.3. The molecule has 2 aromatic heterocycles. The van der Waals surface area contributed by atoms with Crippen LogP contribution in [0.15, 0.2) is 70.2 Å². The van der Waals surface area contributed by atoms with Crippen LogP contribution in [0.4, 0.5) is 0 Å². The number of primary amides is 1. The van der Waals surface area contributed by atoms with E-state index in [4.69, 9.17) is 14.9 Å². The Morgan fingerprint density at radius 3 is 2.68 bits per heavy atom. The molecule has 2 aromatic carbocycles. The molecule has 0 atom stereocenters. The van der Waals surface area contributed by atoms with E-state index in [0.29, 0.717) is 23.3 Å². The Morgan fingerprint density at radius 2 is 1.94 bits per heavy atom. The van der Waals surface area contributed by atoms with Crippen LogP contribution in [-0.2, 0) is 0 Å². The van der Waals surface area contributed by atoms with Crippen molar-refractivity contribution in [2.75, 3.05) is 6.61 Å². The molecule has 0 saturated heterocycles. The Hall–Kier alpha value is -4.40. The number of carbonyl (C=O) groups excluding carboxylic acids is 2. The molecular formula is C22H19N5O4. The van der Waals surface area contributed by atoms with Crippen LogP contribution in [-0.4, -0.2) is 28.6 Å². The standard InChI is InChI=1S/C22H19N5O4/c1-2-30-15-9-7-13(8-10-15)17-12-18(25-24-17)21(29)26-27-22-16(20(23)28)11-14-5-3-4-6-19(14)31-22/h3-12H,2H2,1H3,(H2,23,28)(H,24,25)(H,26,29)/b27-22+. The van der Waals surface area contributed by atoms with Gasteiger partial charge in [-0.1, -0.05) is 18.2 Å². The second kappa shape index (κ2) is 8.54. The summed E-state index contributed by atoms with van der Waals surface area (Å²) < 4.78 is 11.0. The summed E-state index contributed by atoms with van der Waals surface area (Å²) >= 11 is 0. The topological polar surface area (TPSA) is 136 Å². The van der Waals surface area contributed by atoms with E-state index in [2.05, 4.69) is 20.7 Å². The monoisotopic (exact) mass is 417 g/mol. The van der Waals surface area contributed by atoms with E-state index in [-0.39, 0.29) is 16.8 Å². The molecule has 9 heteroatoms. The number of aromatic amines is 1. The van der Waals surface area contributed by atoms with Crippen LogP contribution in [0.3, 0.4) is 0 Å². The van der Waals surface area contributed by atoms with Crippen LogP contribution in [0.5, 0.6) is 5.75 Å². The number of H-pyrrole nitrogens is 1. The van der Waals surface area contributed by atoms with Crippen molar-refractivity contribution in [3.05, 3.63) is 77.5 Å². The molecule has 0 aliphatic heterocycles. The minimum absolute atomic E-state index is 0.0543. The number of carbonyl (C=O) groups is 2. The molecule has 2 amide bonds. The lowest BCUT2D eigenvalue weighted by Crippen LogP contribution is -2.27. The number of hydrogen-bond donors (Lipinski definition) is 3. The Morgan fingerprint density at radius 1 is 1.16 bits per heavy atom. The molecule has 9 nitrogen and oxygen atoms in total. The van der Waals surface area contributed by atoms with Crippen molar-refractivity contribution in [3.63, 3.8) is 0 Å². The van der Waals surface area contributed by atoms with Crippen LogP contribution in [0.1, 0.15) is 27.8 Å². The number of ether oxygens (including phenoxy) is 1. The Balaban J connectivity index is 1.57. The quantitative estimate of drug-likeness (QED) is 0.414. The summed E-state index contributed by atoms with van der Waals surface area (Å²) in [6.07, 6.45) is 0. The van der Waals surface area contributed by atoms with Crippen molar-refractivity contribution >= 4 is 22.8 Å². The minimum Gasteiger partial charge on any atom is -0.494 e. The van der Waals surface area contributed by atoms with Gasteiger partial charge in [0.25, 0.3) is 11.8 Å². The fourth-order valence-electron chi connectivity index (χ4n) is 2.96. The molecule has 0 radical (unpaired) electrons. The number of nitrogens with two attached hydrogens (primary N) is 1. The average Bonchev–Trinajstić information content (AvgIpc) is 3.28. The molecule has 4 aromatic rings. The average molecular weight is 417 g/mol. The van der Waals surface area contributed by atoms with Gasteiger partial charge in [-0.3, -0.25) is 14.7 Å². The lowest BCUT2D eigenvalue weighted by molar-refractivity contribution is 0.0941. The molecular weight excluding hydrogens is 398 g/mol. The third-order valence-corrected chi connectivity index (χ3v) is 4.46. The Bertz CT molecular complexity index is 1320. The van der Waals surface area contributed by atoms with E-state index in [9.17, 15) is 9.59 Å². The number of nitrogens with zero attached hydrogens (tertiary/aromatic N) is 2. The summed E-state index contributed by atoms with van der Waals surface area (Å²) in [5.41, 5.74) is 9.83. The summed E-state index contributed by atoms with van der Waals surface area (Å²) in [5, 5.41) is 11.5. The largest absolute Gasteiger partial charge is 0.494 e. The van der Waals surface area contributed by atoms with Crippen molar-refractivity contribution in [2.24, 2.45) is 10.8 Å². The number of aromatic nitrogens is 2. The number of para-hydroxylation sites is 1. The first-order chi connectivity index (χ1) is 15.0. The molecule has 4 N–H and O–H groups in total. The Labute approximate surface area is 176 Å². The summed E-state index contributed by atoms with van der Waals surface area (Å²) in [6, 6.07) is 17.6. The predicted molar refractivity (Wildman–Crippen MR) is 113 cm³/mol. The van der Waals surface area contributed by atoms with Gasteiger partial charge in [-0.25, -0.2) is 5.43 Å². The maximum atomic E-state index is 12.5. The second-order valence-electron chi connectivity index (χ2n) is 6.54. The third-order valence-electron chi connectivity index (χ3n) is 4.46. The molecule has 2 heterocycles. The number of benzene rings is 2. The van der Waals surface area contributed by atoms with Crippen LogP contribution in [0.25, 0.3) is 22.2 Å². The van der Waals surface area contributed by atoms with E-state index >= 15 is 0 Å².